The molecule has 0 unspecified atom stereocenters. The Hall–Kier alpha value is -4.84. The van der Waals surface area contributed by atoms with E-state index in [4.69, 9.17) is 14.2 Å². The maximum Gasteiger partial charge on any atom is 0.514 e. The van der Waals surface area contributed by atoms with Crippen molar-refractivity contribution in [1.82, 2.24) is 0 Å². The summed E-state index contributed by atoms with van der Waals surface area (Å²) >= 11 is 0. The van der Waals surface area contributed by atoms with E-state index in [1.54, 1.807) is 25.3 Å². The highest BCUT2D eigenvalue weighted by atomic mass is 16.7. The van der Waals surface area contributed by atoms with Gasteiger partial charge in [-0.1, -0.05) is 66.7 Å². The van der Waals surface area contributed by atoms with Crippen LogP contribution in [0.5, 0.6) is 11.5 Å². The Bertz CT molecular complexity index is 1380. The highest BCUT2D eigenvalue weighted by molar-refractivity contribution is 5.80. The number of anilines is 3. The van der Waals surface area contributed by atoms with Crippen molar-refractivity contribution in [3.8, 4) is 11.5 Å². The number of rotatable bonds is 9. The Labute approximate surface area is 216 Å². The van der Waals surface area contributed by atoms with Crippen LogP contribution in [0.4, 0.5) is 21.9 Å². The van der Waals surface area contributed by atoms with Gasteiger partial charge in [0.05, 0.1) is 7.11 Å². The summed E-state index contributed by atoms with van der Waals surface area (Å²) in [5.74, 6) is 0.739. The van der Waals surface area contributed by atoms with Crippen LogP contribution in [0.1, 0.15) is 18.1 Å². The first kappa shape index (κ1) is 25.3. The van der Waals surface area contributed by atoms with E-state index in [2.05, 4.69) is 24.3 Å². The number of hydrogen-bond acceptors (Lipinski definition) is 6. The molecule has 0 fully saturated rings. The average Bonchev–Trinajstić information content (AvgIpc) is 2.92. The number of carbonyl (C=O) groups excluding carboxylic acids is 2. The molecule has 0 aromatic heterocycles. The fourth-order valence-corrected chi connectivity index (χ4v) is 3.66. The van der Waals surface area contributed by atoms with Crippen molar-refractivity contribution in [3.05, 3.63) is 114 Å². The van der Waals surface area contributed by atoms with Crippen molar-refractivity contribution in [2.24, 2.45) is 0 Å². The number of ketones is 1. The van der Waals surface area contributed by atoms with Gasteiger partial charge in [-0.2, -0.15) is 0 Å². The van der Waals surface area contributed by atoms with Crippen molar-refractivity contribution >= 4 is 41.2 Å². The van der Waals surface area contributed by atoms with Gasteiger partial charge in [0.15, 0.2) is 12.4 Å². The normalized spacial score (nSPS) is 10.6. The molecule has 4 aromatic rings. The molecule has 0 heterocycles. The minimum Gasteiger partial charge on any atom is -0.497 e. The minimum absolute atomic E-state index is 0.267. The molecule has 0 saturated carbocycles. The third kappa shape index (κ3) is 7.08. The molecule has 0 bridgehead atoms. The van der Waals surface area contributed by atoms with Gasteiger partial charge >= 0.3 is 6.16 Å². The molecule has 6 heteroatoms. The standard InChI is InChI=1S/C31H27NO5/c1-23(33)22-36-31(34)37-30-13-7-11-28(21-30)32(27-10-6-12-29(20-27)35-2)26-18-16-25(17-19-26)15-14-24-8-4-3-5-9-24/h3-21H,22H2,1-2H3/b15-14+. The van der Waals surface area contributed by atoms with E-state index in [1.165, 1.54) is 6.92 Å². The third-order valence-corrected chi connectivity index (χ3v) is 5.40. The fraction of sp³-hybridized carbons (Fsp3) is 0.0968. The number of hydrogen-bond donors (Lipinski definition) is 0. The molecule has 0 aliphatic rings. The summed E-state index contributed by atoms with van der Waals surface area (Å²) in [4.78, 5) is 25.1. The molecule has 0 amide bonds. The van der Waals surface area contributed by atoms with Crippen LogP contribution in [0.2, 0.25) is 0 Å². The molecular weight excluding hydrogens is 466 g/mol. The van der Waals surface area contributed by atoms with E-state index >= 15 is 0 Å². The van der Waals surface area contributed by atoms with Gasteiger partial charge in [0.2, 0.25) is 0 Å². The summed E-state index contributed by atoms with van der Waals surface area (Å²) < 4.78 is 15.6. The van der Waals surface area contributed by atoms with Crippen LogP contribution in [0.15, 0.2) is 103 Å². The monoisotopic (exact) mass is 493 g/mol. The lowest BCUT2D eigenvalue weighted by molar-refractivity contribution is -0.120. The summed E-state index contributed by atoms with van der Waals surface area (Å²) in [5, 5.41) is 0. The van der Waals surface area contributed by atoms with Gasteiger partial charge in [0, 0.05) is 29.2 Å². The van der Waals surface area contributed by atoms with Crippen LogP contribution in [-0.4, -0.2) is 25.7 Å². The minimum atomic E-state index is -0.935. The van der Waals surface area contributed by atoms with E-state index in [1.807, 2.05) is 77.7 Å². The highest BCUT2D eigenvalue weighted by Gasteiger charge is 2.15. The van der Waals surface area contributed by atoms with Gasteiger partial charge < -0.3 is 19.1 Å². The van der Waals surface area contributed by atoms with Gasteiger partial charge in [-0.25, -0.2) is 4.79 Å². The van der Waals surface area contributed by atoms with Crippen LogP contribution < -0.4 is 14.4 Å². The van der Waals surface area contributed by atoms with Crippen LogP contribution >= 0.6 is 0 Å². The van der Waals surface area contributed by atoms with Crippen LogP contribution in [0, 0.1) is 0 Å². The highest BCUT2D eigenvalue weighted by Crippen LogP contribution is 2.37. The summed E-state index contributed by atoms with van der Waals surface area (Å²) in [6.07, 6.45) is 3.20. The van der Waals surface area contributed by atoms with Crippen molar-refractivity contribution < 1.29 is 23.8 Å². The average molecular weight is 494 g/mol. The smallest absolute Gasteiger partial charge is 0.497 e. The van der Waals surface area contributed by atoms with Crippen LogP contribution in [0.3, 0.4) is 0 Å². The molecule has 4 aromatic carbocycles. The quantitative estimate of drug-likeness (QED) is 0.137. The first-order chi connectivity index (χ1) is 18.0. The van der Waals surface area contributed by atoms with E-state index in [0.29, 0.717) is 11.5 Å². The Kier molecular flexibility index (Phi) is 8.34. The summed E-state index contributed by atoms with van der Waals surface area (Å²) in [7, 11) is 1.62. The van der Waals surface area contributed by atoms with E-state index in [-0.39, 0.29) is 12.4 Å². The maximum absolute atomic E-state index is 12.0. The number of ether oxygens (including phenoxy) is 3. The summed E-state index contributed by atoms with van der Waals surface area (Å²) in [6.45, 7) is 1.00. The first-order valence-electron chi connectivity index (χ1n) is 11.7. The van der Waals surface area contributed by atoms with E-state index in [9.17, 15) is 9.59 Å². The maximum atomic E-state index is 12.0. The lowest BCUT2D eigenvalue weighted by Crippen LogP contribution is -2.15. The molecule has 6 nitrogen and oxygen atoms in total. The molecule has 0 radical (unpaired) electrons. The molecular formula is C31H27NO5. The second kappa shape index (κ2) is 12.2. The van der Waals surface area contributed by atoms with E-state index < -0.39 is 6.16 Å². The van der Waals surface area contributed by atoms with E-state index in [0.717, 1.165) is 28.2 Å². The topological polar surface area (TPSA) is 65.1 Å². The fourth-order valence-electron chi connectivity index (χ4n) is 3.66. The molecule has 0 N–H and O–H groups in total. The molecule has 37 heavy (non-hydrogen) atoms. The zero-order valence-corrected chi connectivity index (χ0v) is 20.7. The van der Waals surface area contributed by atoms with Crippen molar-refractivity contribution in [1.29, 1.82) is 0 Å². The number of nitrogens with zero attached hydrogens (tertiary/aromatic N) is 1. The summed E-state index contributed by atoms with van der Waals surface area (Å²) in [6, 6.07) is 33.0. The largest absolute Gasteiger partial charge is 0.514 e. The Morgan fingerprint density at radius 3 is 1.92 bits per heavy atom. The van der Waals surface area contributed by atoms with Crippen LogP contribution in [-0.2, 0) is 9.53 Å². The predicted molar refractivity (Wildman–Crippen MR) is 146 cm³/mol. The second-order valence-corrected chi connectivity index (χ2v) is 8.21. The van der Waals surface area contributed by atoms with Gasteiger partial charge in [0.25, 0.3) is 0 Å². The lowest BCUT2D eigenvalue weighted by Gasteiger charge is -2.26. The molecule has 186 valence electrons. The third-order valence-electron chi connectivity index (χ3n) is 5.40. The zero-order valence-electron chi connectivity index (χ0n) is 20.7. The van der Waals surface area contributed by atoms with Crippen molar-refractivity contribution in [2.75, 3.05) is 18.6 Å². The number of carbonyl (C=O) groups is 2. The SMILES string of the molecule is COc1cccc(N(c2ccc(/C=C/c3ccccc3)cc2)c2cccc(OC(=O)OCC(C)=O)c2)c1. The molecule has 0 atom stereocenters. The Morgan fingerprint density at radius 1 is 0.703 bits per heavy atom. The molecule has 0 spiro atoms. The number of methoxy groups -OCH3 is 1. The van der Waals surface area contributed by atoms with Gasteiger partial charge in [-0.05, 0) is 54.4 Å². The lowest BCUT2D eigenvalue weighted by atomic mass is 10.1. The molecule has 4 rings (SSSR count). The van der Waals surface area contributed by atoms with Crippen molar-refractivity contribution in [3.63, 3.8) is 0 Å². The van der Waals surface area contributed by atoms with Gasteiger partial charge in [-0.3, -0.25) is 4.79 Å². The van der Waals surface area contributed by atoms with Gasteiger partial charge in [-0.15, -0.1) is 0 Å². The number of benzene rings is 4. The first-order valence-corrected chi connectivity index (χ1v) is 11.7. The predicted octanol–water partition coefficient (Wildman–Crippen LogP) is 7.44. The second-order valence-electron chi connectivity index (χ2n) is 8.21. The number of Topliss-reactive ketones (excluding diaryl/α,β-unsaturated/α-hetero) is 1. The molecule has 0 saturated heterocycles. The molecule has 0 aliphatic carbocycles. The summed E-state index contributed by atoms with van der Waals surface area (Å²) in [5.41, 5.74) is 4.72. The van der Waals surface area contributed by atoms with Crippen LogP contribution in [0.25, 0.3) is 12.2 Å². The Balaban J connectivity index is 1.64. The van der Waals surface area contributed by atoms with Gasteiger partial charge in [0.1, 0.15) is 11.5 Å². The Morgan fingerprint density at radius 2 is 1.30 bits per heavy atom. The van der Waals surface area contributed by atoms with Crippen molar-refractivity contribution in [2.45, 2.75) is 6.92 Å². The molecule has 0 aliphatic heterocycles. The zero-order chi connectivity index (χ0) is 26.0.